The summed E-state index contributed by atoms with van der Waals surface area (Å²) in [5, 5.41) is 18.9. The van der Waals surface area contributed by atoms with Gasteiger partial charge in [0, 0.05) is 32.7 Å². The standard InChI is InChI=1S/C21H27ClN10/c1-12-10-32(7-6-23-12)16-9-24-21(28-20(16)26-18-11-31(3)30-29-18)27-17-8-15(14-4-5-14)19(22)13(2)25-17/h8-9,11-12,14,23H,4-7,10H2,1-3H3,(H2,24,25,26,27,28)/t12-/m1/s1. The van der Waals surface area contributed by atoms with Gasteiger partial charge < -0.3 is 20.9 Å². The smallest absolute Gasteiger partial charge is 0.230 e. The molecule has 1 saturated heterocycles. The highest BCUT2D eigenvalue weighted by Gasteiger charge is 2.27. The van der Waals surface area contributed by atoms with Crippen molar-refractivity contribution in [2.24, 2.45) is 7.05 Å². The van der Waals surface area contributed by atoms with Crippen molar-refractivity contribution >= 4 is 40.7 Å². The molecule has 4 heterocycles. The van der Waals surface area contributed by atoms with Crippen LogP contribution in [0.4, 0.5) is 29.1 Å². The Labute approximate surface area is 191 Å². The highest BCUT2D eigenvalue weighted by molar-refractivity contribution is 6.32. The van der Waals surface area contributed by atoms with Crippen molar-refractivity contribution < 1.29 is 0 Å². The van der Waals surface area contributed by atoms with E-state index in [9.17, 15) is 0 Å². The molecule has 3 N–H and O–H groups in total. The number of halogens is 1. The van der Waals surface area contributed by atoms with Gasteiger partial charge in [-0.2, -0.15) is 4.98 Å². The summed E-state index contributed by atoms with van der Waals surface area (Å²) in [5.74, 6) is 2.97. The summed E-state index contributed by atoms with van der Waals surface area (Å²) in [5.41, 5.74) is 2.88. The lowest BCUT2D eigenvalue weighted by Crippen LogP contribution is -2.49. The number of nitrogens with zero attached hydrogens (tertiary/aromatic N) is 7. The minimum Gasteiger partial charge on any atom is -0.364 e. The molecular formula is C21H27ClN10. The fourth-order valence-electron chi connectivity index (χ4n) is 3.99. The van der Waals surface area contributed by atoms with Crippen LogP contribution in [0.2, 0.25) is 5.02 Å². The molecule has 0 aromatic carbocycles. The van der Waals surface area contributed by atoms with Crippen molar-refractivity contribution in [3.63, 3.8) is 0 Å². The van der Waals surface area contributed by atoms with Gasteiger partial charge in [0.1, 0.15) is 5.82 Å². The number of piperazine rings is 1. The largest absolute Gasteiger partial charge is 0.364 e. The molecule has 0 bridgehead atoms. The third-order valence-corrected chi connectivity index (χ3v) is 6.23. The predicted octanol–water partition coefficient (Wildman–Crippen LogP) is 3.12. The molecule has 0 unspecified atom stereocenters. The average Bonchev–Trinajstić information content (AvgIpc) is 3.52. The van der Waals surface area contributed by atoms with Gasteiger partial charge in [0.15, 0.2) is 11.6 Å². The molecule has 1 aliphatic heterocycles. The van der Waals surface area contributed by atoms with Crippen LogP contribution in [0.25, 0.3) is 0 Å². The van der Waals surface area contributed by atoms with Crippen LogP contribution in [0.3, 0.4) is 0 Å². The molecule has 3 aromatic rings. The van der Waals surface area contributed by atoms with E-state index in [0.29, 0.717) is 35.4 Å². The van der Waals surface area contributed by atoms with Gasteiger partial charge in [-0.05, 0) is 44.2 Å². The summed E-state index contributed by atoms with van der Waals surface area (Å²) in [4.78, 5) is 16.2. The Balaban J connectivity index is 1.46. The van der Waals surface area contributed by atoms with E-state index in [1.807, 2.05) is 32.4 Å². The summed E-state index contributed by atoms with van der Waals surface area (Å²) >= 11 is 6.48. The molecule has 1 saturated carbocycles. The Hall–Kier alpha value is -2.98. The minimum absolute atomic E-state index is 0.382. The second kappa shape index (κ2) is 8.51. The lowest BCUT2D eigenvalue weighted by Gasteiger charge is -2.34. The fourth-order valence-corrected chi connectivity index (χ4v) is 4.24. The van der Waals surface area contributed by atoms with Crippen LogP contribution in [-0.4, -0.2) is 55.6 Å². The zero-order valence-corrected chi connectivity index (χ0v) is 19.2. The number of anilines is 5. The van der Waals surface area contributed by atoms with Gasteiger partial charge in [0.25, 0.3) is 0 Å². The maximum Gasteiger partial charge on any atom is 0.230 e. The molecule has 10 nitrogen and oxygen atoms in total. The van der Waals surface area contributed by atoms with Crippen molar-refractivity contribution in [1.82, 2.24) is 35.3 Å². The molecule has 168 valence electrons. The van der Waals surface area contributed by atoms with Gasteiger partial charge in [-0.15, -0.1) is 5.10 Å². The van der Waals surface area contributed by atoms with Crippen molar-refractivity contribution in [2.45, 2.75) is 38.6 Å². The molecular weight excluding hydrogens is 428 g/mol. The number of hydrogen-bond acceptors (Lipinski definition) is 9. The van der Waals surface area contributed by atoms with Gasteiger partial charge in [0.05, 0.1) is 28.8 Å². The molecule has 1 atom stereocenters. The Bertz CT molecular complexity index is 1130. The number of hydrogen-bond donors (Lipinski definition) is 3. The summed E-state index contributed by atoms with van der Waals surface area (Å²) in [6.45, 7) is 6.75. The molecule has 0 spiro atoms. The Morgan fingerprint density at radius 1 is 1.19 bits per heavy atom. The summed E-state index contributed by atoms with van der Waals surface area (Å²) in [7, 11) is 1.83. The maximum atomic E-state index is 6.48. The van der Waals surface area contributed by atoms with Gasteiger partial charge in [-0.1, -0.05) is 16.8 Å². The van der Waals surface area contributed by atoms with E-state index in [1.54, 1.807) is 4.68 Å². The first-order valence-electron chi connectivity index (χ1n) is 10.9. The van der Waals surface area contributed by atoms with Crippen LogP contribution in [0.1, 0.15) is 36.9 Å². The van der Waals surface area contributed by atoms with Crippen LogP contribution < -0.4 is 20.9 Å². The van der Waals surface area contributed by atoms with Crippen molar-refractivity contribution in [3.05, 3.63) is 34.7 Å². The number of aromatic nitrogens is 6. The maximum absolute atomic E-state index is 6.48. The number of nitrogens with one attached hydrogen (secondary N) is 3. The highest BCUT2D eigenvalue weighted by atomic mass is 35.5. The second-order valence-electron chi connectivity index (χ2n) is 8.53. The number of aryl methyl sites for hydroxylation is 2. The summed E-state index contributed by atoms with van der Waals surface area (Å²) in [6.07, 6.45) is 5.99. The van der Waals surface area contributed by atoms with Crippen molar-refractivity contribution in [3.8, 4) is 0 Å². The molecule has 3 aromatic heterocycles. The van der Waals surface area contributed by atoms with Gasteiger partial charge >= 0.3 is 0 Å². The quantitative estimate of drug-likeness (QED) is 0.517. The minimum atomic E-state index is 0.382. The third kappa shape index (κ3) is 4.46. The Kier molecular flexibility index (Phi) is 5.56. The van der Waals surface area contributed by atoms with Crippen LogP contribution in [0, 0.1) is 6.92 Å². The van der Waals surface area contributed by atoms with E-state index >= 15 is 0 Å². The molecule has 1 aliphatic carbocycles. The van der Waals surface area contributed by atoms with Gasteiger partial charge in [-0.3, -0.25) is 4.68 Å². The van der Waals surface area contributed by atoms with Crippen molar-refractivity contribution in [2.75, 3.05) is 35.2 Å². The first-order chi connectivity index (χ1) is 15.5. The highest BCUT2D eigenvalue weighted by Crippen LogP contribution is 2.44. The third-order valence-electron chi connectivity index (χ3n) is 5.74. The topological polar surface area (TPSA) is 109 Å². The van der Waals surface area contributed by atoms with Crippen LogP contribution in [-0.2, 0) is 7.05 Å². The van der Waals surface area contributed by atoms with Gasteiger partial charge in [0.2, 0.25) is 5.95 Å². The van der Waals surface area contributed by atoms with E-state index in [2.05, 4.69) is 48.1 Å². The predicted molar refractivity (Wildman–Crippen MR) is 125 cm³/mol. The SMILES string of the molecule is Cc1nc(Nc2ncc(N3CCN[C@H](C)C3)c(Nc3cn(C)nn3)n2)cc(C2CC2)c1Cl. The lowest BCUT2D eigenvalue weighted by molar-refractivity contribution is 0.484. The van der Waals surface area contributed by atoms with Crippen molar-refractivity contribution in [1.29, 1.82) is 0 Å². The van der Waals surface area contributed by atoms with Crippen LogP contribution in [0.15, 0.2) is 18.5 Å². The van der Waals surface area contributed by atoms with E-state index in [1.165, 1.54) is 12.8 Å². The normalized spacial score (nSPS) is 18.6. The van der Waals surface area contributed by atoms with E-state index in [4.69, 9.17) is 16.6 Å². The Morgan fingerprint density at radius 2 is 2.03 bits per heavy atom. The van der Waals surface area contributed by atoms with E-state index in [-0.39, 0.29) is 0 Å². The average molecular weight is 455 g/mol. The molecule has 5 rings (SSSR count). The zero-order valence-electron chi connectivity index (χ0n) is 18.4. The number of pyridine rings is 1. The second-order valence-corrected chi connectivity index (χ2v) is 8.90. The molecule has 32 heavy (non-hydrogen) atoms. The monoisotopic (exact) mass is 454 g/mol. The number of rotatable bonds is 6. The first kappa shape index (κ1) is 20.9. The van der Waals surface area contributed by atoms with E-state index < -0.39 is 0 Å². The summed E-state index contributed by atoms with van der Waals surface area (Å²) < 4.78 is 1.65. The molecule has 0 radical (unpaired) electrons. The first-order valence-corrected chi connectivity index (χ1v) is 11.3. The molecule has 0 amide bonds. The van der Waals surface area contributed by atoms with E-state index in [0.717, 1.165) is 41.6 Å². The van der Waals surface area contributed by atoms with Gasteiger partial charge in [-0.25, -0.2) is 9.97 Å². The lowest BCUT2D eigenvalue weighted by atomic mass is 10.1. The fraction of sp³-hybridized carbons (Fsp3) is 0.476. The zero-order chi connectivity index (χ0) is 22.2. The summed E-state index contributed by atoms with van der Waals surface area (Å²) in [6, 6.07) is 2.39. The van der Waals surface area contributed by atoms with Crippen LogP contribution >= 0.6 is 11.6 Å². The van der Waals surface area contributed by atoms with Crippen LogP contribution in [0.5, 0.6) is 0 Å². The molecule has 11 heteroatoms. The Morgan fingerprint density at radius 3 is 2.75 bits per heavy atom. The molecule has 2 fully saturated rings. The molecule has 2 aliphatic rings.